The van der Waals surface area contributed by atoms with E-state index in [9.17, 15) is 9.59 Å². The molecule has 3 heterocycles. The number of carbonyl (C=O) groups is 2. The Labute approximate surface area is 163 Å². The van der Waals surface area contributed by atoms with E-state index in [0.717, 1.165) is 22.5 Å². The van der Waals surface area contributed by atoms with Crippen molar-refractivity contribution >= 4 is 28.9 Å². The van der Waals surface area contributed by atoms with Gasteiger partial charge < -0.3 is 15.5 Å². The molecule has 7 heteroatoms. The molecule has 0 radical (unpaired) electrons. The van der Waals surface area contributed by atoms with Crippen LogP contribution in [0.25, 0.3) is 5.57 Å². The molecule has 0 bridgehead atoms. The van der Waals surface area contributed by atoms with Crippen molar-refractivity contribution in [3.05, 3.63) is 66.4 Å². The van der Waals surface area contributed by atoms with E-state index in [0.29, 0.717) is 19.8 Å². The highest BCUT2D eigenvalue weighted by molar-refractivity contribution is 5.97. The second kappa shape index (κ2) is 6.69. The molecule has 7 nitrogen and oxygen atoms in total. The van der Waals surface area contributed by atoms with E-state index in [4.69, 9.17) is 0 Å². The van der Waals surface area contributed by atoms with Gasteiger partial charge in [0.05, 0.1) is 12.6 Å². The summed E-state index contributed by atoms with van der Waals surface area (Å²) in [7, 11) is 0. The fourth-order valence-electron chi connectivity index (χ4n) is 4.14. The number of anilines is 2. The number of carbonyl (C=O) groups excluding carboxylic acids is 2. The van der Waals surface area contributed by atoms with Gasteiger partial charge in [-0.3, -0.25) is 15.0 Å². The first-order chi connectivity index (χ1) is 13.7. The monoisotopic (exact) mass is 375 g/mol. The van der Waals surface area contributed by atoms with Crippen LogP contribution in [0.3, 0.4) is 0 Å². The molecule has 2 fully saturated rings. The molecule has 2 aromatic carbocycles. The van der Waals surface area contributed by atoms with Crippen molar-refractivity contribution in [2.75, 3.05) is 29.6 Å². The van der Waals surface area contributed by atoms with Gasteiger partial charge in [0.15, 0.2) is 0 Å². The van der Waals surface area contributed by atoms with Crippen molar-refractivity contribution in [2.45, 2.75) is 6.17 Å². The van der Waals surface area contributed by atoms with E-state index in [1.165, 1.54) is 0 Å². The SMILES string of the molecule is O=C1NCNC2C1C(c1ccc(N3CCNC3=O)cc1)=CN2c1ccccc1. The first kappa shape index (κ1) is 16.8. The van der Waals surface area contributed by atoms with Gasteiger partial charge >= 0.3 is 6.03 Å². The second-order valence-electron chi connectivity index (χ2n) is 7.10. The third kappa shape index (κ3) is 2.71. The van der Waals surface area contributed by atoms with E-state index in [1.807, 2.05) is 54.6 Å². The number of benzene rings is 2. The van der Waals surface area contributed by atoms with Crippen molar-refractivity contribution in [1.29, 1.82) is 0 Å². The summed E-state index contributed by atoms with van der Waals surface area (Å²) in [6, 6.07) is 17.8. The zero-order chi connectivity index (χ0) is 19.1. The van der Waals surface area contributed by atoms with Crippen LogP contribution in [0.4, 0.5) is 16.2 Å². The van der Waals surface area contributed by atoms with E-state index >= 15 is 0 Å². The number of rotatable bonds is 3. The van der Waals surface area contributed by atoms with Gasteiger partial charge in [0.2, 0.25) is 5.91 Å². The summed E-state index contributed by atoms with van der Waals surface area (Å²) in [5.74, 6) is -0.272. The number of urea groups is 1. The van der Waals surface area contributed by atoms with Crippen LogP contribution in [-0.2, 0) is 4.79 Å². The molecule has 28 heavy (non-hydrogen) atoms. The predicted molar refractivity (Wildman–Crippen MR) is 108 cm³/mol. The van der Waals surface area contributed by atoms with Crippen LogP contribution in [0.15, 0.2) is 60.8 Å². The molecule has 3 aliphatic rings. The van der Waals surface area contributed by atoms with Crippen molar-refractivity contribution in [2.24, 2.45) is 5.92 Å². The number of nitrogens with one attached hydrogen (secondary N) is 3. The van der Waals surface area contributed by atoms with Gasteiger partial charge in [-0.25, -0.2) is 4.79 Å². The molecular weight excluding hydrogens is 354 g/mol. The van der Waals surface area contributed by atoms with Gasteiger partial charge in [-0.05, 0) is 35.4 Å². The largest absolute Gasteiger partial charge is 0.343 e. The molecule has 142 valence electrons. The first-order valence-electron chi connectivity index (χ1n) is 9.44. The average Bonchev–Trinajstić information content (AvgIpc) is 3.33. The summed E-state index contributed by atoms with van der Waals surface area (Å²) >= 11 is 0. The molecule has 2 atom stereocenters. The van der Waals surface area contributed by atoms with Gasteiger partial charge in [-0.15, -0.1) is 0 Å². The number of hydrogen-bond acceptors (Lipinski definition) is 4. The first-order valence-corrected chi connectivity index (χ1v) is 9.44. The Morgan fingerprint density at radius 1 is 0.893 bits per heavy atom. The highest BCUT2D eigenvalue weighted by Crippen LogP contribution is 2.38. The Hall–Kier alpha value is -3.32. The summed E-state index contributed by atoms with van der Waals surface area (Å²) in [5.41, 5.74) is 3.85. The Bertz CT molecular complexity index is 941. The molecule has 3 aliphatic heterocycles. The fraction of sp³-hybridized carbons (Fsp3) is 0.238. The van der Waals surface area contributed by atoms with Crippen LogP contribution in [0.1, 0.15) is 5.56 Å². The molecule has 0 aromatic heterocycles. The van der Waals surface area contributed by atoms with Crippen LogP contribution in [0.2, 0.25) is 0 Å². The molecule has 2 saturated heterocycles. The van der Waals surface area contributed by atoms with Crippen LogP contribution < -0.4 is 25.8 Å². The van der Waals surface area contributed by atoms with Crippen LogP contribution in [0.5, 0.6) is 0 Å². The van der Waals surface area contributed by atoms with Gasteiger partial charge in [0.1, 0.15) is 6.17 Å². The lowest BCUT2D eigenvalue weighted by Crippen LogP contribution is -2.58. The third-order valence-corrected chi connectivity index (χ3v) is 5.51. The molecule has 5 rings (SSSR count). The van der Waals surface area contributed by atoms with Crippen LogP contribution in [0, 0.1) is 5.92 Å². The number of nitrogens with zero attached hydrogens (tertiary/aromatic N) is 2. The number of hydrogen-bond donors (Lipinski definition) is 3. The topological polar surface area (TPSA) is 76.7 Å². The second-order valence-corrected chi connectivity index (χ2v) is 7.10. The summed E-state index contributed by atoms with van der Waals surface area (Å²) in [4.78, 5) is 28.4. The van der Waals surface area contributed by atoms with E-state index in [-0.39, 0.29) is 24.0 Å². The van der Waals surface area contributed by atoms with E-state index in [2.05, 4.69) is 27.1 Å². The number of amides is 3. The van der Waals surface area contributed by atoms with Gasteiger partial charge in [0, 0.05) is 30.7 Å². The minimum atomic E-state index is -0.296. The van der Waals surface area contributed by atoms with Gasteiger partial charge in [-0.2, -0.15) is 0 Å². The zero-order valence-corrected chi connectivity index (χ0v) is 15.3. The molecular formula is C21H21N5O2. The maximum absolute atomic E-state index is 12.7. The third-order valence-electron chi connectivity index (χ3n) is 5.51. The minimum Gasteiger partial charge on any atom is -0.343 e. The van der Waals surface area contributed by atoms with Crippen molar-refractivity contribution in [3.8, 4) is 0 Å². The zero-order valence-electron chi connectivity index (χ0n) is 15.3. The maximum Gasteiger partial charge on any atom is 0.321 e. The summed E-state index contributed by atoms with van der Waals surface area (Å²) in [5, 5.41) is 9.12. The Kier molecular flexibility index (Phi) is 4.02. The Morgan fingerprint density at radius 3 is 2.39 bits per heavy atom. The molecule has 0 spiro atoms. The number of para-hydroxylation sites is 1. The van der Waals surface area contributed by atoms with Gasteiger partial charge in [0.25, 0.3) is 0 Å². The molecule has 3 N–H and O–H groups in total. The molecule has 2 unspecified atom stereocenters. The Morgan fingerprint density at radius 2 is 1.68 bits per heavy atom. The van der Waals surface area contributed by atoms with Gasteiger partial charge in [-0.1, -0.05) is 30.3 Å². The van der Waals surface area contributed by atoms with Crippen molar-refractivity contribution < 1.29 is 9.59 Å². The molecule has 3 amide bonds. The fourth-order valence-corrected chi connectivity index (χ4v) is 4.14. The average molecular weight is 375 g/mol. The quantitative estimate of drug-likeness (QED) is 0.763. The lowest BCUT2D eigenvalue weighted by Gasteiger charge is -2.34. The smallest absolute Gasteiger partial charge is 0.321 e. The van der Waals surface area contributed by atoms with Crippen molar-refractivity contribution in [1.82, 2.24) is 16.0 Å². The van der Waals surface area contributed by atoms with Crippen LogP contribution in [-0.4, -0.2) is 37.9 Å². The minimum absolute atomic E-state index is 0.0245. The maximum atomic E-state index is 12.7. The molecule has 0 saturated carbocycles. The molecule has 0 aliphatic carbocycles. The molecule has 2 aromatic rings. The van der Waals surface area contributed by atoms with Crippen LogP contribution >= 0.6 is 0 Å². The lowest BCUT2D eigenvalue weighted by atomic mass is 9.91. The predicted octanol–water partition coefficient (Wildman–Crippen LogP) is 1.70. The number of fused-ring (bicyclic) bond motifs is 1. The summed E-state index contributed by atoms with van der Waals surface area (Å²) in [6.07, 6.45) is 1.94. The highest BCUT2D eigenvalue weighted by atomic mass is 16.2. The highest BCUT2D eigenvalue weighted by Gasteiger charge is 2.43. The standard InChI is InChI=1S/C21H21N5O2/c27-20-18-17(14-6-8-16(9-7-14)25-11-10-22-21(25)28)12-26(19(18)23-13-24-20)15-4-2-1-3-5-15/h1-9,12,18-19,23H,10-11,13H2,(H,22,28)(H,24,27). The van der Waals surface area contributed by atoms with E-state index < -0.39 is 0 Å². The Balaban J connectivity index is 1.50. The lowest BCUT2D eigenvalue weighted by molar-refractivity contribution is -0.125. The van der Waals surface area contributed by atoms with Crippen molar-refractivity contribution in [3.63, 3.8) is 0 Å². The summed E-state index contributed by atoms with van der Waals surface area (Å²) in [6.45, 7) is 1.78. The normalized spacial score (nSPS) is 23.9. The summed E-state index contributed by atoms with van der Waals surface area (Å²) < 4.78 is 0. The van der Waals surface area contributed by atoms with E-state index in [1.54, 1.807) is 4.90 Å².